The Kier molecular flexibility index (Phi) is 5.30. The van der Waals surface area contributed by atoms with Crippen molar-refractivity contribution < 1.29 is 0 Å². The van der Waals surface area contributed by atoms with Gasteiger partial charge in [0.1, 0.15) is 23.8 Å². The molecule has 0 aromatic carbocycles. The molecular formula is C17H27N7. The summed E-state index contributed by atoms with van der Waals surface area (Å²) in [6.07, 6.45) is 6.75. The molecule has 0 spiro atoms. The molecule has 0 radical (unpaired) electrons. The Bertz CT molecular complexity index is 652. The van der Waals surface area contributed by atoms with E-state index in [0.29, 0.717) is 0 Å². The van der Waals surface area contributed by atoms with Crippen molar-refractivity contribution in [2.24, 2.45) is 0 Å². The van der Waals surface area contributed by atoms with Crippen LogP contribution in [-0.4, -0.2) is 64.7 Å². The fourth-order valence-electron chi connectivity index (χ4n) is 3.09. The number of aryl methyl sites for hydroxylation is 1. The third-order valence-corrected chi connectivity index (χ3v) is 4.52. The van der Waals surface area contributed by atoms with Crippen molar-refractivity contribution in [3.05, 3.63) is 30.6 Å². The van der Waals surface area contributed by atoms with Gasteiger partial charge in [0.15, 0.2) is 0 Å². The van der Waals surface area contributed by atoms with Gasteiger partial charge in [-0.1, -0.05) is 0 Å². The Morgan fingerprint density at radius 1 is 1.08 bits per heavy atom. The van der Waals surface area contributed by atoms with E-state index in [0.717, 1.165) is 63.1 Å². The predicted octanol–water partition coefficient (Wildman–Crippen LogP) is 1.47. The Morgan fingerprint density at radius 3 is 2.75 bits per heavy atom. The molecule has 3 heterocycles. The molecule has 1 saturated heterocycles. The van der Waals surface area contributed by atoms with E-state index in [1.807, 2.05) is 25.2 Å². The zero-order valence-electron chi connectivity index (χ0n) is 14.9. The maximum atomic E-state index is 4.50. The topological polar surface area (TPSA) is 53.3 Å². The molecule has 3 rings (SSSR count). The zero-order valence-corrected chi connectivity index (χ0v) is 14.9. The summed E-state index contributed by atoms with van der Waals surface area (Å²) >= 11 is 0. The van der Waals surface area contributed by atoms with Crippen molar-refractivity contribution in [3.8, 4) is 0 Å². The second-order valence-corrected chi connectivity index (χ2v) is 6.38. The standard InChI is InChI=1S/C17H27N7/c1-4-23-9-6-18-17(23)13-22-7-5-8-24(11-10-22)16-12-15(21(2)3)19-14-20-16/h6,9,12,14H,4-5,7-8,10-11,13H2,1-3H3. The number of aromatic nitrogens is 4. The molecule has 7 heteroatoms. The van der Waals surface area contributed by atoms with Crippen LogP contribution in [0.1, 0.15) is 19.2 Å². The minimum Gasteiger partial charge on any atom is -0.363 e. The van der Waals surface area contributed by atoms with Crippen LogP contribution in [0.4, 0.5) is 11.6 Å². The van der Waals surface area contributed by atoms with Crippen molar-refractivity contribution in [1.82, 2.24) is 24.4 Å². The van der Waals surface area contributed by atoms with Crippen LogP contribution >= 0.6 is 0 Å². The zero-order chi connectivity index (χ0) is 16.9. The van der Waals surface area contributed by atoms with Crippen LogP contribution in [0.15, 0.2) is 24.8 Å². The summed E-state index contributed by atoms with van der Waals surface area (Å²) in [6.45, 7) is 8.19. The Hall–Kier alpha value is -2.15. The lowest BCUT2D eigenvalue weighted by Gasteiger charge is -2.23. The van der Waals surface area contributed by atoms with Crippen LogP contribution in [-0.2, 0) is 13.1 Å². The molecule has 1 aliphatic rings. The van der Waals surface area contributed by atoms with Gasteiger partial charge in [-0.3, -0.25) is 4.90 Å². The number of hydrogen-bond acceptors (Lipinski definition) is 6. The molecule has 0 unspecified atom stereocenters. The number of rotatable bonds is 5. The van der Waals surface area contributed by atoms with Gasteiger partial charge >= 0.3 is 0 Å². The first kappa shape index (κ1) is 16.7. The Morgan fingerprint density at radius 2 is 1.96 bits per heavy atom. The number of hydrogen-bond donors (Lipinski definition) is 0. The van der Waals surface area contributed by atoms with Gasteiger partial charge in [0.05, 0.1) is 6.54 Å². The van der Waals surface area contributed by atoms with Crippen molar-refractivity contribution in [2.75, 3.05) is 50.1 Å². The molecule has 2 aromatic heterocycles. The van der Waals surface area contributed by atoms with Gasteiger partial charge in [-0.05, 0) is 13.3 Å². The van der Waals surface area contributed by atoms with Gasteiger partial charge in [-0.15, -0.1) is 0 Å². The Balaban J connectivity index is 1.64. The van der Waals surface area contributed by atoms with E-state index < -0.39 is 0 Å². The van der Waals surface area contributed by atoms with Crippen molar-refractivity contribution in [3.63, 3.8) is 0 Å². The van der Waals surface area contributed by atoms with Crippen LogP contribution < -0.4 is 9.80 Å². The van der Waals surface area contributed by atoms with E-state index in [2.05, 4.69) is 48.5 Å². The maximum absolute atomic E-state index is 4.50. The van der Waals surface area contributed by atoms with Gasteiger partial charge in [0.25, 0.3) is 0 Å². The average molecular weight is 329 g/mol. The van der Waals surface area contributed by atoms with E-state index in [1.54, 1.807) is 6.33 Å². The lowest BCUT2D eigenvalue weighted by Crippen LogP contribution is -2.31. The highest BCUT2D eigenvalue weighted by Crippen LogP contribution is 2.18. The molecule has 130 valence electrons. The molecule has 0 amide bonds. The minimum absolute atomic E-state index is 0.918. The van der Waals surface area contributed by atoms with Crippen molar-refractivity contribution >= 4 is 11.6 Å². The van der Waals surface area contributed by atoms with Crippen LogP contribution in [0.3, 0.4) is 0 Å². The fourth-order valence-corrected chi connectivity index (χ4v) is 3.09. The molecule has 7 nitrogen and oxygen atoms in total. The summed E-state index contributed by atoms with van der Waals surface area (Å²) in [5.74, 6) is 3.12. The molecule has 0 bridgehead atoms. The maximum Gasteiger partial charge on any atom is 0.134 e. The first-order chi connectivity index (χ1) is 11.7. The summed E-state index contributed by atoms with van der Waals surface area (Å²) in [7, 11) is 4.01. The second-order valence-electron chi connectivity index (χ2n) is 6.38. The van der Waals surface area contributed by atoms with Gasteiger partial charge in [0.2, 0.25) is 0 Å². The molecule has 0 atom stereocenters. The highest BCUT2D eigenvalue weighted by Gasteiger charge is 2.18. The first-order valence-electron chi connectivity index (χ1n) is 8.64. The molecule has 24 heavy (non-hydrogen) atoms. The number of nitrogens with zero attached hydrogens (tertiary/aromatic N) is 7. The van der Waals surface area contributed by atoms with Gasteiger partial charge in [-0.25, -0.2) is 15.0 Å². The number of imidazole rings is 1. The molecule has 1 fully saturated rings. The molecule has 0 N–H and O–H groups in total. The number of anilines is 2. The minimum atomic E-state index is 0.918. The summed E-state index contributed by atoms with van der Waals surface area (Å²) in [5.41, 5.74) is 0. The fraction of sp³-hybridized carbons (Fsp3) is 0.588. The molecular weight excluding hydrogens is 302 g/mol. The SMILES string of the molecule is CCn1ccnc1CN1CCCN(c2cc(N(C)C)ncn2)CC1. The van der Waals surface area contributed by atoms with E-state index in [9.17, 15) is 0 Å². The molecule has 0 aliphatic carbocycles. The van der Waals surface area contributed by atoms with E-state index in [-0.39, 0.29) is 0 Å². The largest absolute Gasteiger partial charge is 0.363 e. The summed E-state index contributed by atoms with van der Waals surface area (Å²) in [4.78, 5) is 20.1. The van der Waals surface area contributed by atoms with Crippen molar-refractivity contribution in [1.29, 1.82) is 0 Å². The third-order valence-electron chi connectivity index (χ3n) is 4.52. The molecule has 2 aromatic rings. The van der Waals surface area contributed by atoms with Gasteiger partial charge in [-0.2, -0.15) is 0 Å². The molecule has 1 aliphatic heterocycles. The van der Waals surface area contributed by atoms with Crippen LogP contribution in [0.2, 0.25) is 0 Å². The summed E-state index contributed by atoms with van der Waals surface area (Å²) in [5, 5.41) is 0. The first-order valence-corrected chi connectivity index (χ1v) is 8.64. The summed E-state index contributed by atoms with van der Waals surface area (Å²) < 4.78 is 2.22. The average Bonchev–Trinajstić information content (AvgIpc) is 2.91. The monoisotopic (exact) mass is 329 g/mol. The van der Waals surface area contributed by atoms with Gasteiger partial charge in [0, 0.05) is 65.3 Å². The highest BCUT2D eigenvalue weighted by atomic mass is 15.3. The highest BCUT2D eigenvalue weighted by molar-refractivity contribution is 5.49. The quantitative estimate of drug-likeness (QED) is 0.828. The lowest BCUT2D eigenvalue weighted by atomic mass is 10.3. The van der Waals surface area contributed by atoms with Crippen LogP contribution in [0.25, 0.3) is 0 Å². The Labute approximate surface area is 143 Å². The van der Waals surface area contributed by atoms with Crippen LogP contribution in [0.5, 0.6) is 0 Å². The second kappa shape index (κ2) is 7.61. The lowest BCUT2D eigenvalue weighted by molar-refractivity contribution is 0.274. The summed E-state index contributed by atoms with van der Waals surface area (Å²) in [6, 6.07) is 2.07. The van der Waals surface area contributed by atoms with E-state index in [1.165, 1.54) is 0 Å². The van der Waals surface area contributed by atoms with E-state index in [4.69, 9.17) is 0 Å². The normalized spacial score (nSPS) is 16.2. The molecule has 0 saturated carbocycles. The third kappa shape index (κ3) is 3.84. The van der Waals surface area contributed by atoms with Gasteiger partial charge < -0.3 is 14.4 Å². The van der Waals surface area contributed by atoms with E-state index >= 15 is 0 Å². The van der Waals surface area contributed by atoms with Crippen molar-refractivity contribution in [2.45, 2.75) is 26.4 Å². The predicted molar refractivity (Wildman–Crippen MR) is 96.4 cm³/mol. The smallest absolute Gasteiger partial charge is 0.134 e. The van der Waals surface area contributed by atoms with Crippen LogP contribution in [0, 0.1) is 0 Å².